The lowest BCUT2D eigenvalue weighted by Gasteiger charge is -2.25. The molecule has 0 aliphatic heterocycles. The summed E-state index contributed by atoms with van der Waals surface area (Å²) >= 11 is 18.3. The molecule has 2 nitrogen and oxygen atoms in total. The van der Waals surface area contributed by atoms with Gasteiger partial charge < -0.3 is 10.1 Å². The molecule has 0 fully saturated rings. The lowest BCUT2D eigenvalue weighted by Crippen LogP contribution is -2.30. The Balaban J connectivity index is 2.56. The van der Waals surface area contributed by atoms with Crippen LogP contribution in [0.25, 0.3) is 0 Å². The van der Waals surface area contributed by atoms with Gasteiger partial charge in [0.05, 0.1) is 10.0 Å². The van der Waals surface area contributed by atoms with Crippen LogP contribution in [0.4, 0.5) is 0 Å². The molecule has 5 heteroatoms. The molecule has 0 radical (unpaired) electrons. The first-order valence-electron chi connectivity index (χ1n) is 6.19. The van der Waals surface area contributed by atoms with Crippen LogP contribution in [0.15, 0.2) is 12.1 Å². The van der Waals surface area contributed by atoms with E-state index >= 15 is 0 Å². The number of methoxy groups -OCH3 is 1. The fourth-order valence-corrected chi connectivity index (χ4v) is 2.41. The lowest BCUT2D eigenvalue weighted by molar-refractivity contribution is 0.150. The van der Waals surface area contributed by atoms with Gasteiger partial charge in [-0.3, -0.25) is 0 Å². The molecule has 1 rings (SSSR count). The summed E-state index contributed by atoms with van der Waals surface area (Å²) in [6, 6.07) is 3.47. The van der Waals surface area contributed by atoms with Gasteiger partial charge in [0.1, 0.15) is 0 Å². The summed E-state index contributed by atoms with van der Waals surface area (Å²) in [4.78, 5) is 0. The second-order valence-electron chi connectivity index (χ2n) is 5.33. The van der Waals surface area contributed by atoms with Crippen molar-refractivity contribution in [2.75, 3.05) is 20.3 Å². The number of ether oxygens (including phenoxy) is 1. The van der Waals surface area contributed by atoms with Crippen LogP contribution in [-0.2, 0) is 11.3 Å². The van der Waals surface area contributed by atoms with Crippen molar-refractivity contribution in [2.24, 2.45) is 5.41 Å². The molecule has 0 unspecified atom stereocenters. The summed E-state index contributed by atoms with van der Waals surface area (Å²) in [6.45, 7) is 6.61. The van der Waals surface area contributed by atoms with E-state index in [0.717, 1.165) is 25.1 Å². The molecule has 0 heterocycles. The normalized spacial score (nSPS) is 11.9. The first-order valence-corrected chi connectivity index (χ1v) is 7.33. The molecule has 0 aliphatic carbocycles. The molecule has 19 heavy (non-hydrogen) atoms. The second kappa shape index (κ2) is 7.70. The molecule has 0 amide bonds. The maximum Gasteiger partial charge on any atom is 0.0652 e. The summed E-state index contributed by atoms with van der Waals surface area (Å²) in [6.07, 6.45) is 0.994. The number of nitrogens with one attached hydrogen (secondary N) is 1. The molecule has 1 aromatic carbocycles. The van der Waals surface area contributed by atoms with Gasteiger partial charge in [0.25, 0.3) is 0 Å². The van der Waals surface area contributed by atoms with E-state index in [9.17, 15) is 0 Å². The third-order valence-electron chi connectivity index (χ3n) is 3.03. The maximum absolute atomic E-state index is 6.16. The fraction of sp³-hybridized carbons (Fsp3) is 0.571. The minimum absolute atomic E-state index is 0.160. The third kappa shape index (κ3) is 5.49. The van der Waals surface area contributed by atoms with Crippen molar-refractivity contribution in [1.29, 1.82) is 0 Å². The summed E-state index contributed by atoms with van der Waals surface area (Å²) in [5, 5.41) is 5.07. The van der Waals surface area contributed by atoms with E-state index in [1.807, 2.05) is 0 Å². The first-order chi connectivity index (χ1) is 8.87. The van der Waals surface area contributed by atoms with Gasteiger partial charge in [-0.15, -0.1) is 0 Å². The van der Waals surface area contributed by atoms with Crippen molar-refractivity contribution >= 4 is 34.8 Å². The average molecular weight is 325 g/mol. The Bertz CT molecular complexity index is 421. The summed E-state index contributed by atoms with van der Waals surface area (Å²) in [5.74, 6) is 0. The predicted molar refractivity (Wildman–Crippen MR) is 83.5 cm³/mol. The van der Waals surface area contributed by atoms with Crippen LogP contribution in [0, 0.1) is 5.41 Å². The SMILES string of the molecule is COCCC(C)(C)CNCc1c(Cl)ccc(Cl)c1Cl. The molecule has 1 N–H and O–H groups in total. The van der Waals surface area contributed by atoms with Gasteiger partial charge in [-0.2, -0.15) is 0 Å². The van der Waals surface area contributed by atoms with Gasteiger partial charge in [-0.05, 0) is 24.0 Å². The number of rotatable bonds is 7. The van der Waals surface area contributed by atoms with Crippen molar-refractivity contribution in [3.63, 3.8) is 0 Å². The van der Waals surface area contributed by atoms with Gasteiger partial charge >= 0.3 is 0 Å². The van der Waals surface area contributed by atoms with Crippen molar-refractivity contribution in [3.8, 4) is 0 Å². The van der Waals surface area contributed by atoms with Gasteiger partial charge in [-0.1, -0.05) is 48.7 Å². The van der Waals surface area contributed by atoms with E-state index in [0.29, 0.717) is 21.6 Å². The highest BCUT2D eigenvalue weighted by Gasteiger charge is 2.17. The van der Waals surface area contributed by atoms with E-state index in [1.165, 1.54) is 0 Å². The van der Waals surface area contributed by atoms with Crippen LogP contribution in [0.5, 0.6) is 0 Å². The molecule has 0 spiro atoms. The van der Waals surface area contributed by atoms with Crippen molar-refractivity contribution < 1.29 is 4.74 Å². The maximum atomic E-state index is 6.16. The van der Waals surface area contributed by atoms with Gasteiger partial charge in [0, 0.05) is 37.4 Å². The number of hydrogen-bond acceptors (Lipinski definition) is 2. The Morgan fingerprint density at radius 1 is 1.16 bits per heavy atom. The Hall–Kier alpha value is 0.01000. The highest BCUT2D eigenvalue weighted by atomic mass is 35.5. The molecule has 108 valence electrons. The molecule has 1 aromatic rings. The van der Waals surface area contributed by atoms with Crippen LogP contribution in [0.2, 0.25) is 15.1 Å². The van der Waals surface area contributed by atoms with E-state index < -0.39 is 0 Å². The second-order valence-corrected chi connectivity index (χ2v) is 6.52. The van der Waals surface area contributed by atoms with E-state index in [1.54, 1.807) is 19.2 Å². The fourth-order valence-electron chi connectivity index (χ4n) is 1.72. The number of hydrogen-bond donors (Lipinski definition) is 1. The lowest BCUT2D eigenvalue weighted by atomic mass is 9.89. The van der Waals surface area contributed by atoms with Crippen LogP contribution >= 0.6 is 34.8 Å². The zero-order valence-electron chi connectivity index (χ0n) is 11.5. The van der Waals surface area contributed by atoms with Crippen molar-refractivity contribution in [2.45, 2.75) is 26.8 Å². The molecular formula is C14H20Cl3NO. The van der Waals surface area contributed by atoms with Crippen LogP contribution in [0.1, 0.15) is 25.8 Å². The highest BCUT2D eigenvalue weighted by molar-refractivity contribution is 6.44. The topological polar surface area (TPSA) is 21.3 Å². The van der Waals surface area contributed by atoms with E-state index in [4.69, 9.17) is 39.5 Å². The van der Waals surface area contributed by atoms with Gasteiger partial charge in [0.15, 0.2) is 0 Å². The van der Waals surface area contributed by atoms with E-state index in [2.05, 4.69) is 19.2 Å². The Morgan fingerprint density at radius 2 is 1.79 bits per heavy atom. The summed E-state index contributed by atoms with van der Waals surface area (Å²) in [5.41, 5.74) is 1.01. The van der Waals surface area contributed by atoms with Crippen molar-refractivity contribution in [1.82, 2.24) is 5.32 Å². The smallest absolute Gasteiger partial charge is 0.0652 e. The largest absolute Gasteiger partial charge is 0.385 e. The minimum atomic E-state index is 0.160. The summed E-state index contributed by atoms with van der Waals surface area (Å²) in [7, 11) is 1.72. The molecule has 0 saturated carbocycles. The standard InChI is InChI=1S/C14H20Cl3NO/c1-14(2,6-7-19-3)9-18-8-10-11(15)4-5-12(16)13(10)17/h4-5,18H,6-9H2,1-3H3. The van der Waals surface area contributed by atoms with Crippen LogP contribution < -0.4 is 5.32 Å². The molecule has 0 bridgehead atoms. The molecule has 0 saturated heterocycles. The Morgan fingerprint density at radius 3 is 2.42 bits per heavy atom. The third-order valence-corrected chi connectivity index (χ3v) is 4.22. The predicted octanol–water partition coefficient (Wildman–Crippen LogP) is 4.80. The zero-order chi connectivity index (χ0) is 14.5. The highest BCUT2D eigenvalue weighted by Crippen LogP contribution is 2.31. The first kappa shape index (κ1) is 17.1. The van der Waals surface area contributed by atoms with Crippen molar-refractivity contribution in [3.05, 3.63) is 32.8 Å². The number of benzene rings is 1. The van der Waals surface area contributed by atoms with Gasteiger partial charge in [-0.25, -0.2) is 0 Å². The van der Waals surface area contributed by atoms with E-state index in [-0.39, 0.29) is 5.41 Å². The molecule has 0 aliphatic rings. The Kier molecular flexibility index (Phi) is 6.92. The van der Waals surface area contributed by atoms with Crippen LogP contribution in [0.3, 0.4) is 0 Å². The molecule has 0 atom stereocenters. The quantitative estimate of drug-likeness (QED) is 0.727. The van der Waals surface area contributed by atoms with Gasteiger partial charge in [0.2, 0.25) is 0 Å². The Labute approximate surface area is 130 Å². The minimum Gasteiger partial charge on any atom is -0.385 e. The zero-order valence-corrected chi connectivity index (χ0v) is 13.8. The molecule has 0 aromatic heterocycles. The van der Waals surface area contributed by atoms with Crippen LogP contribution in [-0.4, -0.2) is 20.3 Å². The monoisotopic (exact) mass is 323 g/mol. The summed E-state index contributed by atoms with van der Waals surface area (Å²) < 4.78 is 5.11. The average Bonchev–Trinajstić information content (AvgIpc) is 2.36. The number of halogens is 3. The molecular weight excluding hydrogens is 305 g/mol.